The van der Waals surface area contributed by atoms with Crippen LogP contribution in [0.15, 0.2) is 16.6 Å². The minimum atomic E-state index is -0.984. The first-order valence-electron chi connectivity index (χ1n) is 5.55. The number of halogens is 2. The number of benzene rings is 1. The fraction of sp³-hybridized carbons (Fsp3) is 0.333. The zero-order chi connectivity index (χ0) is 14.6. The highest BCUT2D eigenvalue weighted by atomic mass is 79.9. The molecule has 1 aromatic rings. The van der Waals surface area contributed by atoms with Crippen LogP contribution in [-0.4, -0.2) is 23.0 Å². The van der Waals surface area contributed by atoms with E-state index in [2.05, 4.69) is 21.2 Å². The average Bonchev–Trinajstić information content (AvgIpc) is 2.32. The predicted octanol–water partition coefficient (Wildman–Crippen LogP) is 2.54. The molecule has 1 aromatic carbocycles. The Labute approximate surface area is 124 Å². The largest absolute Gasteiger partial charge is 0.481 e. The Hall–Kier alpha value is -1.11. The molecule has 1 unspecified atom stereocenters. The maximum atomic E-state index is 11.8. The van der Waals surface area contributed by atoms with Crippen LogP contribution in [0.1, 0.15) is 18.4 Å². The number of rotatable bonds is 5. The van der Waals surface area contributed by atoms with Crippen LogP contribution in [0.25, 0.3) is 0 Å². The highest BCUT2D eigenvalue weighted by Crippen LogP contribution is 2.29. The van der Waals surface area contributed by atoms with Gasteiger partial charge in [-0.2, -0.15) is 0 Å². The number of anilines is 1. The van der Waals surface area contributed by atoms with Crippen molar-refractivity contribution in [2.75, 3.05) is 5.32 Å². The summed E-state index contributed by atoms with van der Waals surface area (Å²) in [5.74, 6) is -1.43. The number of aliphatic carboxylic acids is 1. The smallest absolute Gasteiger partial charge is 0.303 e. The van der Waals surface area contributed by atoms with Crippen LogP contribution in [0.5, 0.6) is 0 Å². The van der Waals surface area contributed by atoms with Crippen LogP contribution in [0.4, 0.5) is 5.69 Å². The Balaban J connectivity index is 2.71. The zero-order valence-corrected chi connectivity index (χ0v) is 12.6. The van der Waals surface area contributed by atoms with Gasteiger partial charge in [-0.05, 0) is 47.0 Å². The predicted molar refractivity (Wildman–Crippen MR) is 77.4 cm³/mol. The summed E-state index contributed by atoms with van der Waals surface area (Å²) in [7, 11) is 0. The lowest BCUT2D eigenvalue weighted by Gasteiger charge is -2.13. The Morgan fingerprint density at radius 3 is 2.74 bits per heavy atom. The molecule has 1 amide bonds. The maximum absolute atomic E-state index is 11.8. The van der Waals surface area contributed by atoms with Gasteiger partial charge in [0.25, 0.3) is 0 Å². The molecule has 7 heteroatoms. The second kappa shape index (κ2) is 6.88. The van der Waals surface area contributed by atoms with Crippen molar-refractivity contribution in [1.29, 1.82) is 0 Å². The normalized spacial score (nSPS) is 12.0. The molecule has 0 aliphatic heterocycles. The van der Waals surface area contributed by atoms with Gasteiger partial charge in [0.05, 0.1) is 11.7 Å². The Morgan fingerprint density at radius 1 is 1.53 bits per heavy atom. The van der Waals surface area contributed by atoms with E-state index < -0.39 is 17.9 Å². The van der Waals surface area contributed by atoms with E-state index in [1.165, 1.54) is 0 Å². The van der Waals surface area contributed by atoms with E-state index in [0.717, 1.165) is 5.56 Å². The lowest BCUT2D eigenvalue weighted by molar-refractivity contribution is -0.137. The van der Waals surface area contributed by atoms with E-state index >= 15 is 0 Å². The fourth-order valence-corrected chi connectivity index (χ4v) is 2.10. The quantitative estimate of drug-likeness (QED) is 0.761. The van der Waals surface area contributed by atoms with Gasteiger partial charge >= 0.3 is 5.97 Å². The number of hydrogen-bond donors (Lipinski definition) is 3. The van der Waals surface area contributed by atoms with E-state index in [1.807, 2.05) is 6.92 Å². The summed E-state index contributed by atoms with van der Waals surface area (Å²) in [4.78, 5) is 22.2. The standard InChI is InChI=1S/C12H14BrClN2O3/c1-6-4-7(13)10(5-8(6)14)16-12(19)9(15)2-3-11(17)18/h4-5,9H,2-3,15H2,1H3,(H,16,19)(H,17,18). The maximum Gasteiger partial charge on any atom is 0.303 e. The molecule has 0 saturated heterocycles. The van der Waals surface area contributed by atoms with Crippen molar-refractivity contribution in [1.82, 2.24) is 0 Å². The molecular formula is C12H14BrClN2O3. The third kappa shape index (κ3) is 4.81. The van der Waals surface area contributed by atoms with Gasteiger partial charge in [0.2, 0.25) is 5.91 Å². The molecule has 0 heterocycles. The van der Waals surface area contributed by atoms with Crippen LogP contribution < -0.4 is 11.1 Å². The monoisotopic (exact) mass is 348 g/mol. The highest BCUT2D eigenvalue weighted by molar-refractivity contribution is 9.10. The Kier molecular flexibility index (Phi) is 5.78. The number of amides is 1. The third-order valence-corrected chi connectivity index (χ3v) is 3.58. The first-order valence-corrected chi connectivity index (χ1v) is 6.72. The average molecular weight is 350 g/mol. The van der Waals surface area contributed by atoms with E-state index in [0.29, 0.717) is 15.2 Å². The summed E-state index contributed by atoms with van der Waals surface area (Å²) in [6, 6.07) is 2.52. The first-order chi connectivity index (χ1) is 8.81. The molecule has 0 saturated carbocycles. The molecule has 0 spiro atoms. The van der Waals surface area contributed by atoms with Gasteiger partial charge in [-0.15, -0.1) is 0 Å². The summed E-state index contributed by atoms with van der Waals surface area (Å²) < 4.78 is 0.688. The van der Waals surface area contributed by atoms with Crippen molar-refractivity contribution in [3.05, 3.63) is 27.2 Å². The van der Waals surface area contributed by atoms with Crippen molar-refractivity contribution in [3.8, 4) is 0 Å². The first kappa shape index (κ1) is 15.9. The molecule has 4 N–H and O–H groups in total. The van der Waals surface area contributed by atoms with E-state index in [9.17, 15) is 9.59 Å². The second-order valence-corrected chi connectivity index (χ2v) is 5.37. The topological polar surface area (TPSA) is 92.4 Å². The van der Waals surface area contributed by atoms with Gasteiger partial charge in [0.15, 0.2) is 0 Å². The van der Waals surface area contributed by atoms with E-state index in [-0.39, 0.29) is 12.8 Å². The van der Waals surface area contributed by atoms with Gasteiger partial charge in [-0.25, -0.2) is 0 Å². The summed E-state index contributed by atoms with van der Waals surface area (Å²) in [6.45, 7) is 1.84. The van der Waals surface area contributed by atoms with Gasteiger partial charge < -0.3 is 16.2 Å². The van der Waals surface area contributed by atoms with E-state index in [1.54, 1.807) is 12.1 Å². The minimum Gasteiger partial charge on any atom is -0.481 e. The van der Waals surface area contributed by atoms with Crippen molar-refractivity contribution in [2.45, 2.75) is 25.8 Å². The van der Waals surface area contributed by atoms with Crippen LogP contribution >= 0.6 is 27.5 Å². The van der Waals surface area contributed by atoms with Crippen LogP contribution in [0.3, 0.4) is 0 Å². The Bertz CT molecular complexity index is 508. The molecule has 5 nitrogen and oxygen atoms in total. The molecule has 0 fully saturated rings. The number of carbonyl (C=O) groups excluding carboxylic acids is 1. The number of carbonyl (C=O) groups is 2. The molecule has 0 aliphatic carbocycles. The number of hydrogen-bond acceptors (Lipinski definition) is 3. The lowest BCUT2D eigenvalue weighted by Crippen LogP contribution is -2.36. The highest BCUT2D eigenvalue weighted by Gasteiger charge is 2.16. The molecule has 0 radical (unpaired) electrons. The number of carboxylic acid groups (broad SMARTS) is 1. The number of aryl methyl sites for hydroxylation is 1. The SMILES string of the molecule is Cc1cc(Br)c(NC(=O)C(N)CCC(=O)O)cc1Cl. The lowest BCUT2D eigenvalue weighted by atomic mass is 10.1. The molecular weight excluding hydrogens is 336 g/mol. The molecule has 19 heavy (non-hydrogen) atoms. The van der Waals surface area contributed by atoms with Crippen LogP contribution in [0, 0.1) is 6.92 Å². The van der Waals surface area contributed by atoms with Gasteiger partial charge in [0, 0.05) is 15.9 Å². The van der Waals surface area contributed by atoms with Crippen LogP contribution in [-0.2, 0) is 9.59 Å². The fourth-order valence-electron chi connectivity index (χ4n) is 1.38. The van der Waals surface area contributed by atoms with Gasteiger partial charge in [0.1, 0.15) is 0 Å². The van der Waals surface area contributed by atoms with Crippen molar-refractivity contribution < 1.29 is 14.7 Å². The molecule has 1 rings (SSSR count). The van der Waals surface area contributed by atoms with Gasteiger partial charge in [-0.3, -0.25) is 9.59 Å². The zero-order valence-electron chi connectivity index (χ0n) is 10.2. The van der Waals surface area contributed by atoms with Gasteiger partial charge in [-0.1, -0.05) is 11.6 Å². The van der Waals surface area contributed by atoms with E-state index in [4.69, 9.17) is 22.4 Å². The summed E-state index contributed by atoms with van der Waals surface area (Å²) in [5, 5.41) is 11.7. The summed E-state index contributed by atoms with van der Waals surface area (Å²) in [6.07, 6.45) is -0.0667. The summed E-state index contributed by atoms with van der Waals surface area (Å²) >= 11 is 9.28. The number of carboxylic acids is 1. The van der Waals surface area contributed by atoms with Crippen LogP contribution in [0.2, 0.25) is 5.02 Å². The molecule has 0 aromatic heterocycles. The van der Waals surface area contributed by atoms with Crippen molar-refractivity contribution in [2.24, 2.45) is 5.73 Å². The summed E-state index contributed by atoms with van der Waals surface area (Å²) in [5.41, 5.74) is 6.99. The third-order valence-electron chi connectivity index (χ3n) is 2.51. The number of nitrogens with one attached hydrogen (secondary N) is 1. The van der Waals surface area contributed by atoms with Crippen molar-refractivity contribution in [3.63, 3.8) is 0 Å². The minimum absolute atomic E-state index is 0.0817. The molecule has 0 bridgehead atoms. The molecule has 104 valence electrons. The molecule has 1 atom stereocenters. The second-order valence-electron chi connectivity index (χ2n) is 4.11. The Morgan fingerprint density at radius 2 is 2.16 bits per heavy atom. The molecule has 0 aliphatic rings. The van der Waals surface area contributed by atoms with Crippen molar-refractivity contribution >= 4 is 45.1 Å². The number of nitrogens with two attached hydrogens (primary N) is 1.